The first-order valence-electron chi connectivity index (χ1n) is 7.15. The van der Waals surface area contributed by atoms with Crippen LogP contribution in [0.3, 0.4) is 0 Å². The zero-order chi connectivity index (χ0) is 13.5. The molecule has 0 saturated carbocycles. The van der Waals surface area contributed by atoms with Crippen molar-refractivity contribution in [3.63, 3.8) is 0 Å². The normalized spacial score (nSPS) is 15.3. The lowest BCUT2D eigenvalue weighted by Crippen LogP contribution is -2.89. The Morgan fingerprint density at radius 1 is 1.26 bits per heavy atom. The maximum Gasteiger partial charge on any atom is 0.338 e. The van der Waals surface area contributed by atoms with Crippen LogP contribution in [0.15, 0.2) is 24.3 Å². The number of rotatable bonds is 5. The van der Waals surface area contributed by atoms with Gasteiger partial charge in [-0.3, -0.25) is 0 Å². The number of ether oxygens (including phenoxy) is 1. The first kappa shape index (κ1) is 13.9. The van der Waals surface area contributed by atoms with Crippen molar-refractivity contribution in [1.29, 1.82) is 0 Å². The van der Waals surface area contributed by atoms with Gasteiger partial charge in [-0.25, -0.2) is 4.79 Å². The third-order valence-corrected chi connectivity index (χ3v) is 3.41. The Morgan fingerprint density at radius 2 is 1.95 bits per heavy atom. The molecule has 0 unspecified atom stereocenters. The molecule has 1 aliphatic rings. The highest BCUT2D eigenvalue weighted by Gasteiger charge is 2.13. The molecule has 0 aliphatic carbocycles. The summed E-state index contributed by atoms with van der Waals surface area (Å²) in [7, 11) is 0. The lowest BCUT2D eigenvalue weighted by atomic mass is 10.2. The van der Waals surface area contributed by atoms with E-state index in [-0.39, 0.29) is 5.97 Å². The fraction of sp³-hybridized carbons (Fsp3) is 0.533. The summed E-state index contributed by atoms with van der Waals surface area (Å²) in [6.07, 6.45) is 1.96. The van der Waals surface area contributed by atoms with E-state index in [1.807, 2.05) is 24.3 Å². The quantitative estimate of drug-likeness (QED) is 0.637. The van der Waals surface area contributed by atoms with E-state index in [2.05, 4.69) is 17.1 Å². The second-order valence-electron chi connectivity index (χ2n) is 4.89. The summed E-state index contributed by atoms with van der Waals surface area (Å²) in [5.74, 6) is -0.216. The van der Waals surface area contributed by atoms with E-state index >= 15 is 0 Å². The minimum absolute atomic E-state index is 0.216. The maximum absolute atomic E-state index is 11.8. The fourth-order valence-electron chi connectivity index (χ4n) is 2.21. The first-order chi connectivity index (χ1) is 9.31. The van der Waals surface area contributed by atoms with Crippen LogP contribution >= 0.6 is 0 Å². The molecule has 4 heteroatoms. The summed E-state index contributed by atoms with van der Waals surface area (Å²) in [6, 6.07) is 7.76. The van der Waals surface area contributed by atoms with E-state index in [4.69, 9.17) is 4.74 Å². The predicted octanol–water partition coefficient (Wildman–Crippen LogP) is 1.03. The van der Waals surface area contributed by atoms with Gasteiger partial charge in [-0.05, 0) is 30.7 Å². The van der Waals surface area contributed by atoms with Crippen LogP contribution in [0.2, 0.25) is 0 Å². The van der Waals surface area contributed by atoms with Crippen LogP contribution in [-0.2, 0) is 4.74 Å². The van der Waals surface area contributed by atoms with Gasteiger partial charge in [-0.2, -0.15) is 0 Å². The molecule has 0 atom stereocenters. The number of nitrogens with two attached hydrogens (primary N) is 1. The minimum atomic E-state index is -0.216. The van der Waals surface area contributed by atoms with Gasteiger partial charge >= 0.3 is 5.97 Å². The molecule has 2 rings (SSSR count). The van der Waals surface area contributed by atoms with Gasteiger partial charge in [-0.1, -0.05) is 13.3 Å². The number of esters is 1. The zero-order valence-electron chi connectivity index (χ0n) is 11.6. The lowest BCUT2D eigenvalue weighted by molar-refractivity contribution is -0.655. The van der Waals surface area contributed by atoms with Crippen molar-refractivity contribution < 1.29 is 14.8 Å². The van der Waals surface area contributed by atoms with Crippen molar-refractivity contribution in [2.75, 3.05) is 37.7 Å². The molecule has 19 heavy (non-hydrogen) atoms. The number of anilines is 1. The Morgan fingerprint density at radius 3 is 2.58 bits per heavy atom. The molecule has 1 aromatic rings. The molecule has 0 amide bonds. The van der Waals surface area contributed by atoms with Crippen LogP contribution in [0.1, 0.15) is 30.1 Å². The molecule has 2 N–H and O–H groups in total. The summed E-state index contributed by atoms with van der Waals surface area (Å²) in [5.41, 5.74) is 1.83. The zero-order valence-corrected chi connectivity index (χ0v) is 11.6. The largest absolute Gasteiger partial charge is 0.462 e. The van der Waals surface area contributed by atoms with Crippen molar-refractivity contribution in [1.82, 2.24) is 0 Å². The van der Waals surface area contributed by atoms with Crippen LogP contribution in [-0.4, -0.2) is 38.8 Å². The second kappa shape index (κ2) is 7.14. The molecule has 1 fully saturated rings. The average molecular weight is 263 g/mol. The van der Waals surface area contributed by atoms with Crippen molar-refractivity contribution in [3.8, 4) is 0 Å². The molecule has 0 bridgehead atoms. The molecular weight excluding hydrogens is 240 g/mol. The predicted molar refractivity (Wildman–Crippen MR) is 75.5 cm³/mol. The average Bonchev–Trinajstić information content (AvgIpc) is 2.48. The van der Waals surface area contributed by atoms with E-state index in [1.54, 1.807) is 0 Å². The summed E-state index contributed by atoms with van der Waals surface area (Å²) in [4.78, 5) is 14.1. The van der Waals surface area contributed by atoms with Crippen molar-refractivity contribution >= 4 is 11.7 Å². The SMILES string of the molecule is CCCCOC(=O)c1ccc(N2CC[NH2+]CC2)cc1. The van der Waals surface area contributed by atoms with Gasteiger partial charge in [0, 0.05) is 5.69 Å². The standard InChI is InChI=1S/C15H22N2O2/c1-2-3-12-19-15(18)13-4-6-14(7-5-13)17-10-8-16-9-11-17/h4-7,16H,2-3,8-12H2,1H3/p+1. The van der Waals surface area contributed by atoms with Crippen LogP contribution in [0.25, 0.3) is 0 Å². The highest BCUT2D eigenvalue weighted by atomic mass is 16.5. The van der Waals surface area contributed by atoms with Crippen LogP contribution in [0.5, 0.6) is 0 Å². The van der Waals surface area contributed by atoms with Gasteiger partial charge < -0.3 is 15.0 Å². The third-order valence-electron chi connectivity index (χ3n) is 3.41. The number of hydrogen-bond donors (Lipinski definition) is 1. The molecule has 1 aromatic carbocycles. The smallest absolute Gasteiger partial charge is 0.338 e. The van der Waals surface area contributed by atoms with Gasteiger partial charge in [0.2, 0.25) is 0 Å². The molecule has 1 saturated heterocycles. The van der Waals surface area contributed by atoms with E-state index in [9.17, 15) is 4.79 Å². The Kier molecular flexibility index (Phi) is 5.21. The Hall–Kier alpha value is -1.55. The van der Waals surface area contributed by atoms with E-state index in [0.29, 0.717) is 12.2 Å². The van der Waals surface area contributed by atoms with Crippen molar-refractivity contribution in [2.24, 2.45) is 0 Å². The number of quaternary nitrogens is 1. The lowest BCUT2D eigenvalue weighted by Gasteiger charge is -2.27. The summed E-state index contributed by atoms with van der Waals surface area (Å²) >= 11 is 0. The molecule has 0 aromatic heterocycles. The summed E-state index contributed by atoms with van der Waals surface area (Å²) in [5, 5.41) is 2.33. The Labute approximate surface area is 114 Å². The Balaban J connectivity index is 1.91. The van der Waals surface area contributed by atoms with Gasteiger partial charge in [-0.15, -0.1) is 0 Å². The number of benzene rings is 1. The minimum Gasteiger partial charge on any atom is -0.462 e. The molecule has 104 valence electrons. The van der Waals surface area contributed by atoms with E-state index < -0.39 is 0 Å². The number of piperazine rings is 1. The van der Waals surface area contributed by atoms with Gasteiger partial charge in [0.05, 0.1) is 38.3 Å². The highest BCUT2D eigenvalue weighted by Crippen LogP contribution is 2.15. The molecule has 0 radical (unpaired) electrons. The van der Waals surface area contributed by atoms with E-state index in [1.165, 1.54) is 5.69 Å². The summed E-state index contributed by atoms with van der Waals surface area (Å²) < 4.78 is 5.20. The third kappa shape index (κ3) is 3.96. The monoisotopic (exact) mass is 263 g/mol. The number of carbonyl (C=O) groups excluding carboxylic acids is 1. The van der Waals surface area contributed by atoms with Crippen LogP contribution in [0, 0.1) is 0 Å². The number of unbranched alkanes of at least 4 members (excludes halogenated alkanes) is 1. The molecule has 0 spiro atoms. The molecule has 1 aliphatic heterocycles. The second-order valence-corrected chi connectivity index (χ2v) is 4.89. The number of nitrogens with zero attached hydrogens (tertiary/aromatic N) is 1. The fourth-order valence-corrected chi connectivity index (χ4v) is 2.21. The topological polar surface area (TPSA) is 46.1 Å². The maximum atomic E-state index is 11.8. The molecule has 4 nitrogen and oxygen atoms in total. The van der Waals surface area contributed by atoms with E-state index in [0.717, 1.165) is 39.0 Å². The van der Waals surface area contributed by atoms with Gasteiger partial charge in [0.15, 0.2) is 0 Å². The highest BCUT2D eigenvalue weighted by molar-refractivity contribution is 5.89. The van der Waals surface area contributed by atoms with Crippen LogP contribution in [0.4, 0.5) is 5.69 Å². The van der Waals surface area contributed by atoms with Gasteiger partial charge in [0.1, 0.15) is 0 Å². The molecule has 1 heterocycles. The van der Waals surface area contributed by atoms with Crippen molar-refractivity contribution in [3.05, 3.63) is 29.8 Å². The van der Waals surface area contributed by atoms with Crippen molar-refractivity contribution in [2.45, 2.75) is 19.8 Å². The molecular formula is C15H23N2O2+. The summed E-state index contributed by atoms with van der Waals surface area (Å²) in [6.45, 7) is 7.01. The number of carbonyl (C=O) groups is 1. The Bertz CT molecular complexity index is 397. The van der Waals surface area contributed by atoms with Crippen LogP contribution < -0.4 is 10.2 Å². The number of hydrogen-bond acceptors (Lipinski definition) is 3. The first-order valence-corrected chi connectivity index (χ1v) is 7.15. The van der Waals surface area contributed by atoms with Gasteiger partial charge in [0.25, 0.3) is 0 Å².